The number of piperidine rings is 1. The van der Waals surface area contributed by atoms with Gasteiger partial charge in [0.1, 0.15) is 0 Å². The maximum Gasteiger partial charge on any atom is 0.269 e. The van der Waals surface area contributed by atoms with Crippen molar-refractivity contribution in [3.8, 4) is 0 Å². The van der Waals surface area contributed by atoms with E-state index in [1.165, 1.54) is 12.1 Å². The molecule has 0 bridgehead atoms. The molecule has 3 N–H and O–H groups in total. The van der Waals surface area contributed by atoms with Gasteiger partial charge in [-0.15, -0.1) is 0 Å². The highest BCUT2D eigenvalue weighted by Gasteiger charge is 2.47. The summed E-state index contributed by atoms with van der Waals surface area (Å²) in [6.45, 7) is 0.198. The molecule has 1 unspecified atom stereocenters. The van der Waals surface area contributed by atoms with Crippen molar-refractivity contribution in [2.45, 2.75) is 25.1 Å². The van der Waals surface area contributed by atoms with E-state index in [0.717, 1.165) is 0 Å². The summed E-state index contributed by atoms with van der Waals surface area (Å²) in [7, 11) is 0. The first-order valence-corrected chi connectivity index (χ1v) is 6.35. The third-order valence-electron chi connectivity index (χ3n) is 3.04. The average molecular weight is 305 g/mol. The van der Waals surface area contributed by atoms with Gasteiger partial charge in [0.15, 0.2) is 0 Å². The quantitative estimate of drug-likeness (QED) is 0.821. The van der Waals surface area contributed by atoms with Crippen molar-refractivity contribution in [3.05, 3.63) is 33.3 Å². The normalized spacial score (nSPS) is 23.4. The SMILES string of the molecule is NCc1cc(Cl)c(C2(F)CCC(=O)NC2=O)c(Cl)c1. The van der Waals surface area contributed by atoms with Crippen LogP contribution >= 0.6 is 23.2 Å². The van der Waals surface area contributed by atoms with Crippen LogP contribution in [0, 0.1) is 0 Å². The average Bonchev–Trinajstić information content (AvgIpc) is 2.33. The second-order valence-corrected chi connectivity index (χ2v) is 5.13. The van der Waals surface area contributed by atoms with E-state index in [1.54, 1.807) is 0 Å². The van der Waals surface area contributed by atoms with Gasteiger partial charge < -0.3 is 5.73 Å². The van der Waals surface area contributed by atoms with Gasteiger partial charge in [0, 0.05) is 35.0 Å². The van der Waals surface area contributed by atoms with Crippen LogP contribution in [0.2, 0.25) is 10.0 Å². The number of nitrogens with one attached hydrogen (secondary N) is 1. The van der Waals surface area contributed by atoms with Crippen molar-refractivity contribution in [1.29, 1.82) is 0 Å². The van der Waals surface area contributed by atoms with Gasteiger partial charge in [-0.2, -0.15) is 0 Å². The highest BCUT2D eigenvalue weighted by molar-refractivity contribution is 6.36. The fraction of sp³-hybridized carbons (Fsp3) is 0.333. The van der Waals surface area contributed by atoms with Gasteiger partial charge in [0.25, 0.3) is 5.91 Å². The fourth-order valence-corrected chi connectivity index (χ4v) is 2.88. The molecule has 1 aromatic rings. The minimum absolute atomic E-state index is 0.0277. The molecular formula is C12H11Cl2FN2O2. The Kier molecular flexibility index (Phi) is 3.80. The summed E-state index contributed by atoms with van der Waals surface area (Å²) in [5, 5.41) is 2.01. The van der Waals surface area contributed by atoms with Crippen molar-refractivity contribution in [1.82, 2.24) is 5.32 Å². The first-order valence-electron chi connectivity index (χ1n) is 5.60. The van der Waals surface area contributed by atoms with E-state index < -0.39 is 17.5 Å². The molecule has 1 heterocycles. The summed E-state index contributed by atoms with van der Waals surface area (Å²) in [5.74, 6) is -1.54. The molecule has 7 heteroatoms. The summed E-state index contributed by atoms with van der Waals surface area (Å²) in [4.78, 5) is 22.8. The monoisotopic (exact) mass is 304 g/mol. The van der Waals surface area contributed by atoms with Crippen molar-refractivity contribution in [3.63, 3.8) is 0 Å². The molecule has 1 atom stereocenters. The molecule has 102 valence electrons. The molecule has 1 fully saturated rings. The first-order chi connectivity index (χ1) is 8.88. The third kappa shape index (κ3) is 2.45. The molecule has 1 aromatic carbocycles. The lowest BCUT2D eigenvalue weighted by Crippen LogP contribution is -2.49. The molecule has 1 aliphatic heterocycles. The molecule has 0 saturated carbocycles. The molecule has 1 aliphatic rings. The van der Waals surface area contributed by atoms with Crippen molar-refractivity contribution < 1.29 is 14.0 Å². The Labute approximate surface area is 119 Å². The fourth-order valence-electron chi connectivity index (χ4n) is 2.05. The van der Waals surface area contributed by atoms with Crippen molar-refractivity contribution in [2.24, 2.45) is 5.73 Å². The Morgan fingerprint density at radius 3 is 2.37 bits per heavy atom. The van der Waals surface area contributed by atoms with Crippen molar-refractivity contribution in [2.75, 3.05) is 0 Å². The van der Waals surface area contributed by atoms with E-state index in [0.29, 0.717) is 5.56 Å². The second-order valence-electron chi connectivity index (χ2n) is 4.32. The number of hydrogen-bond donors (Lipinski definition) is 2. The van der Waals surface area contributed by atoms with Gasteiger partial charge in [-0.1, -0.05) is 23.2 Å². The Morgan fingerprint density at radius 2 is 1.89 bits per heavy atom. The summed E-state index contributed by atoms with van der Waals surface area (Å²) in [6.07, 6.45) is -0.382. The van der Waals surface area contributed by atoms with E-state index in [9.17, 15) is 14.0 Å². The first kappa shape index (κ1) is 14.2. The number of hydrogen-bond acceptors (Lipinski definition) is 3. The van der Waals surface area contributed by atoms with Gasteiger partial charge >= 0.3 is 0 Å². The van der Waals surface area contributed by atoms with E-state index in [4.69, 9.17) is 28.9 Å². The zero-order valence-electron chi connectivity index (χ0n) is 9.80. The number of carbonyl (C=O) groups excluding carboxylic acids is 2. The number of halogens is 3. The number of benzene rings is 1. The van der Waals surface area contributed by atoms with Crippen LogP contribution in [0.25, 0.3) is 0 Å². The zero-order valence-corrected chi connectivity index (χ0v) is 11.3. The summed E-state index contributed by atoms with van der Waals surface area (Å²) in [6, 6.07) is 2.93. The largest absolute Gasteiger partial charge is 0.326 e. The lowest BCUT2D eigenvalue weighted by Gasteiger charge is -2.29. The summed E-state index contributed by atoms with van der Waals surface area (Å²) >= 11 is 12.0. The van der Waals surface area contributed by atoms with Crippen LogP contribution in [0.1, 0.15) is 24.0 Å². The number of nitrogens with two attached hydrogens (primary N) is 1. The highest BCUT2D eigenvalue weighted by atomic mass is 35.5. The van der Waals surface area contributed by atoms with E-state index in [2.05, 4.69) is 0 Å². The number of alkyl halides is 1. The maximum absolute atomic E-state index is 14.9. The molecule has 2 rings (SSSR count). The molecule has 0 aromatic heterocycles. The molecule has 2 amide bonds. The molecule has 19 heavy (non-hydrogen) atoms. The third-order valence-corrected chi connectivity index (χ3v) is 3.64. The van der Waals surface area contributed by atoms with Crippen LogP contribution < -0.4 is 11.1 Å². The second kappa shape index (κ2) is 5.07. The van der Waals surface area contributed by atoms with Crippen LogP contribution in [-0.4, -0.2) is 11.8 Å². The Balaban J connectivity index is 2.52. The topological polar surface area (TPSA) is 72.2 Å². The summed E-state index contributed by atoms with van der Waals surface area (Å²) < 4.78 is 14.9. The Hall–Kier alpha value is -1.17. The molecular weight excluding hydrogens is 294 g/mol. The van der Waals surface area contributed by atoms with Crippen LogP contribution in [0.5, 0.6) is 0 Å². The minimum Gasteiger partial charge on any atom is -0.326 e. The molecule has 1 saturated heterocycles. The lowest BCUT2D eigenvalue weighted by atomic mass is 9.86. The van der Waals surface area contributed by atoms with Crippen LogP contribution in [0.3, 0.4) is 0 Å². The van der Waals surface area contributed by atoms with Crippen molar-refractivity contribution >= 4 is 35.0 Å². The standard InChI is InChI=1S/C12H11Cl2FN2O2/c13-7-3-6(5-16)4-8(14)10(7)12(15)2-1-9(18)17-11(12)19/h3-4H,1-2,5,16H2,(H,17,18,19). The smallest absolute Gasteiger partial charge is 0.269 e. The molecule has 0 aliphatic carbocycles. The number of rotatable bonds is 2. The highest BCUT2D eigenvalue weighted by Crippen LogP contribution is 2.42. The molecule has 0 radical (unpaired) electrons. The zero-order chi connectivity index (χ0) is 14.2. The van der Waals surface area contributed by atoms with Crippen LogP contribution in [-0.2, 0) is 21.8 Å². The van der Waals surface area contributed by atoms with Gasteiger partial charge in [-0.3, -0.25) is 14.9 Å². The van der Waals surface area contributed by atoms with E-state index in [-0.39, 0.29) is 35.0 Å². The Morgan fingerprint density at radius 1 is 1.32 bits per heavy atom. The van der Waals surface area contributed by atoms with Gasteiger partial charge in [0.2, 0.25) is 11.6 Å². The number of carbonyl (C=O) groups is 2. The predicted octanol–water partition coefficient (Wildman–Crippen LogP) is 2.05. The van der Waals surface area contributed by atoms with E-state index in [1.807, 2.05) is 5.32 Å². The maximum atomic E-state index is 14.9. The molecule has 0 spiro atoms. The van der Waals surface area contributed by atoms with E-state index >= 15 is 0 Å². The number of amides is 2. The van der Waals surface area contributed by atoms with Crippen LogP contribution in [0.15, 0.2) is 12.1 Å². The molecule has 4 nitrogen and oxygen atoms in total. The van der Waals surface area contributed by atoms with Gasteiger partial charge in [-0.05, 0) is 17.7 Å². The minimum atomic E-state index is -2.39. The van der Waals surface area contributed by atoms with Gasteiger partial charge in [-0.25, -0.2) is 4.39 Å². The summed E-state index contributed by atoms with van der Waals surface area (Å²) in [5.41, 5.74) is 3.59. The van der Waals surface area contributed by atoms with Crippen LogP contribution in [0.4, 0.5) is 4.39 Å². The Bertz CT molecular complexity index is 542. The van der Waals surface area contributed by atoms with Gasteiger partial charge in [0.05, 0.1) is 0 Å². The number of imide groups is 1. The lowest BCUT2D eigenvalue weighted by molar-refractivity contribution is -0.144. The predicted molar refractivity (Wildman–Crippen MR) is 69.5 cm³/mol.